The number of amides is 1. The van der Waals surface area contributed by atoms with Crippen LogP contribution in [-0.2, 0) is 41.1 Å². The van der Waals surface area contributed by atoms with Crippen molar-refractivity contribution in [3.63, 3.8) is 0 Å². The third kappa shape index (κ3) is 8.12. The maximum atomic E-state index is 12.4. The molecule has 1 amide bonds. The van der Waals surface area contributed by atoms with Gasteiger partial charge in [0.25, 0.3) is 27.8 Å². The van der Waals surface area contributed by atoms with Crippen LogP contribution in [0, 0.1) is 0 Å². The molecule has 0 aliphatic carbocycles. The summed E-state index contributed by atoms with van der Waals surface area (Å²) in [5, 5.41) is 31.4. The van der Waals surface area contributed by atoms with Crippen molar-refractivity contribution in [1.82, 2.24) is 19.5 Å². The van der Waals surface area contributed by atoms with Crippen LogP contribution in [0.5, 0.6) is 0 Å². The number of hydrogen-bond acceptors (Lipinski definition) is 21. The number of ether oxygens (including phenoxy) is 2. The van der Waals surface area contributed by atoms with Gasteiger partial charge in [-0.15, -0.1) is 0 Å². The van der Waals surface area contributed by atoms with Gasteiger partial charge in [-0.2, -0.15) is 4.57 Å². The molecule has 264 valence electrons. The Morgan fingerprint density at radius 1 is 0.979 bits per heavy atom. The highest BCUT2D eigenvalue weighted by Crippen LogP contribution is 2.56. The van der Waals surface area contributed by atoms with Crippen molar-refractivity contribution in [3.05, 3.63) is 42.7 Å². The van der Waals surface area contributed by atoms with E-state index in [1.54, 1.807) is 0 Å². The number of imidazole rings is 1. The van der Waals surface area contributed by atoms with E-state index >= 15 is 0 Å². The number of primary amides is 1. The molecule has 5 rings (SSSR count). The Morgan fingerprint density at radius 3 is 2.25 bits per heavy atom. The maximum absolute atomic E-state index is 12.4. The minimum absolute atomic E-state index is 0.0155. The first-order chi connectivity index (χ1) is 22.4. The van der Waals surface area contributed by atoms with Crippen LogP contribution in [0.4, 0.5) is 5.82 Å². The summed E-state index contributed by atoms with van der Waals surface area (Å²) in [5.74, 6) is -0.906. The van der Waals surface area contributed by atoms with Gasteiger partial charge in [0.1, 0.15) is 47.9 Å². The van der Waals surface area contributed by atoms with Crippen LogP contribution in [-0.4, -0.2) is 90.6 Å². The monoisotopic (exact) mass is 740 g/mol. The molecule has 5 heterocycles. The van der Waals surface area contributed by atoms with Gasteiger partial charge in [-0.25, -0.2) is 19.3 Å². The topological polar surface area (TPSA) is 376 Å². The van der Waals surface area contributed by atoms with E-state index in [1.807, 2.05) is 0 Å². The first-order valence-electron chi connectivity index (χ1n) is 13.3. The van der Waals surface area contributed by atoms with Crippen molar-refractivity contribution >= 4 is 46.4 Å². The second kappa shape index (κ2) is 13.8. The van der Waals surface area contributed by atoms with Crippen LogP contribution in [0.2, 0.25) is 0 Å². The molecule has 0 radical (unpaired) electrons. The van der Waals surface area contributed by atoms with Crippen molar-refractivity contribution in [2.45, 2.75) is 49.1 Å². The number of nitrogens with zero attached hydrogens (tertiary/aromatic N) is 5. The predicted octanol–water partition coefficient (Wildman–Crippen LogP) is -5.43. The maximum Gasteiger partial charge on any atom is 0.292 e. The number of aliphatic hydroxyl groups excluding tert-OH is 3. The zero-order valence-electron chi connectivity index (χ0n) is 23.8. The third-order valence-electron chi connectivity index (χ3n) is 6.96. The van der Waals surface area contributed by atoms with E-state index in [2.05, 4.69) is 32.8 Å². The van der Waals surface area contributed by atoms with Gasteiger partial charge in [-0.05, 0) is 6.07 Å². The second-order valence-corrected chi connectivity index (χ2v) is 14.2. The number of aliphatic hydroxyl groups is 3. The number of anilines is 1. The number of carbonyl (C=O) groups is 1. The summed E-state index contributed by atoms with van der Waals surface area (Å²) in [7, 11) is -17.5. The molecule has 0 bridgehead atoms. The number of hydrogen-bond donors (Lipinski definition) is 5. The average Bonchev–Trinajstić information content (AvgIpc) is 3.64. The second-order valence-electron chi connectivity index (χ2n) is 10.2. The van der Waals surface area contributed by atoms with Crippen molar-refractivity contribution in [2.75, 3.05) is 18.9 Å². The molecule has 24 nitrogen and oxygen atoms in total. The number of fused-ring (bicyclic) bond motifs is 1. The molecule has 48 heavy (non-hydrogen) atoms. The molecule has 2 aliphatic rings. The van der Waals surface area contributed by atoms with E-state index in [1.165, 1.54) is 29.1 Å². The fourth-order valence-corrected chi connectivity index (χ4v) is 7.35. The quantitative estimate of drug-likeness (QED) is 0.0806. The first-order valence-corrected chi connectivity index (χ1v) is 17.7. The summed E-state index contributed by atoms with van der Waals surface area (Å²) in [6.07, 6.45) is -9.25. The highest BCUT2D eigenvalue weighted by molar-refractivity contribution is 7.59. The van der Waals surface area contributed by atoms with Crippen LogP contribution < -0.4 is 35.6 Å². The minimum atomic E-state index is -5.86. The fourth-order valence-electron chi connectivity index (χ4n) is 4.81. The van der Waals surface area contributed by atoms with Crippen molar-refractivity contribution in [3.8, 4) is 0 Å². The van der Waals surface area contributed by atoms with Crippen LogP contribution in [0.15, 0.2) is 37.2 Å². The highest BCUT2D eigenvalue weighted by Gasteiger charge is 2.49. The predicted molar refractivity (Wildman–Crippen MR) is 141 cm³/mol. The zero-order chi connectivity index (χ0) is 35.2. The molecule has 2 fully saturated rings. The molecule has 0 aromatic carbocycles. The summed E-state index contributed by atoms with van der Waals surface area (Å²) in [6, 6.07) is 2.75. The molecule has 3 aromatic heterocycles. The van der Waals surface area contributed by atoms with Gasteiger partial charge < -0.3 is 74.0 Å². The summed E-state index contributed by atoms with van der Waals surface area (Å²) in [6.45, 7) is -2.27. The van der Waals surface area contributed by atoms with Crippen LogP contribution in [0.25, 0.3) is 11.2 Å². The summed E-state index contributed by atoms with van der Waals surface area (Å²) in [5.41, 5.74) is 10.9. The number of nitrogen functional groups attached to an aromatic ring is 1. The molecule has 3 aromatic rings. The fraction of sp³-hybridized carbons (Fsp3) is 0.476. The lowest BCUT2D eigenvalue weighted by Gasteiger charge is -2.34. The molecule has 10 atom stereocenters. The van der Waals surface area contributed by atoms with E-state index in [-0.39, 0.29) is 22.5 Å². The van der Waals surface area contributed by atoms with Crippen LogP contribution >= 0.6 is 23.5 Å². The van der Waals surface area contributed by atoms with Gasteiger partial charge in [0.05, 0.1) is 27.4 Å². The van der Waals surface area contributed by atoms with E-state index < -0.39 is 91.7 Å². The van der Waals surface area contributed by atoms with Gasteiger partial charge in [-0.3, -0.25) is 18.5 Å². The first kappa shape index (κ1) is 36.4. The molecule has 4 unspecified atom stereocenters. The molecule has 2 aliphatic heterocycles. The Labute approximate surface area is 267 Å². The molecular weight excluding hydrogens is 715 g/mol. The molecule has 0 saturated carbocycles. The van der Waals surface area contributed by atoms with Crippen molar-refractivity contribution < 1.29 is 85.3 Å². The van der Waals surface area contributed by atoms with E-state index in [9.17, 15) is 53.4 Å². The number of nitrogens with two attached hydrogens (primary N) is 2. The number of phosphoric ester groups is 3. The van der Waals surface area contributed by atoms with Crippen LogP contribution in [0.1, 0.15) is 22.8 Å². The number of rotatable bonds is 13. The Hall–Kier alpha value is -2.86. The Balaban J connectivity index is 1.21. The molecule has 27 heteroatoms. The normalized spacial score (nSPS) is 30.3. The van der Waals surface area contributed by atoms with Crippen molar-refractivity contribution in [2.24, 2.45) is 5.73 Å². The SMILES string of the molecule is NC(=O)c1ccc[n+]([C@@H]2O[C@H](COP(=O)([O-])OP(=O)([O-])OC[C@H]3O[C@@H](n4cnc5c(N)ncnc54)[C@@H](OP(=O)([O-])[O-])C3O)C(O)[C@@H]2O)c1. The number of pyridine rings is 1. The largest absolute Gasteiger partial charge is 0.790 e. The summed E-state index contributed by atoms with van der Waals surface area (Å²) in [4.78, 5) is 70.6. The van der Waals surface area contributed by atoms with E-state index in [0.717, 1.165) is 17.2 Å². The molecular formula is C21H25N7O17P3-3. The minimum Gasteiger partial charge on any atom is -0.790 e. The standard InChI is InChI=1S/C21H28N7O17P3/c22-17-12-19(25-7-24-17)28(8-26-12)21-16(44-46(33,34)35)14(30)11(43-21)6-41-48(38,39)45-47(36,37)40-5-10-13(29)15(31)20(42-10)27-3-1-2-9(4-27)18(23)32/h1-4,7-8,10-11,13-16,20-21,29-31H,5-6H2,(H7-,22,23,24,25,32,33,34,35,36,37,38,39)/p-3/t10-,11-,13?,14?,15+,16+,20-,21-/m1/s1. The Bertz CT molecular complexity index is 1810. The van der Waals surface area contributed by atoms with Crippen molar-refractivity contribution in [1.29, 1.82) is 0 Å². The molecule has 2 saturated heterocycles. The lowest BCUT2D eigenvalue weighted by atomic mass is 10.1. The van der Waals surface area contributed by atoms with Crippen LogP contribution in [0.3, 0.4) is 0 Å². The van der Waals surface area contributed by atoms with Gasteiger partial charge in [-0.1, -0.05) is 0 Å². The zero-order valence-corrected chi connectivity index (χ0v) is 26.5. The highest BCUT2D eigenvalue weighted by atomic mass is 31.3. The number of aromatic nitrogens is 5. The number of carbonyl (C=O) groups excluding carboxylic acids is 1. The van der Waals surface area contributed by atoms with E-state index in [4.69, 9.17) is 20.9 Å². The Morgan fingerprint density at radius 2 is 1.62 bits per heavy atom. The summed E-state index contributed by atoms with van der Waals surface area (Å²) < 4.78 is 66.7. The average molecular weight is 740 g/mol. The molecule has 7 N–H and O–H groups in total. The lowest BCUT2D eigenvalue weighted by molar-refractivity contribution is -0.765. The van der Waals surface area contributed by atoms with Gasteiger partial charge in [0.2, 0.25) is 0 Å². The summed E-state index contributed by atoms with van der Waals surface area (Å²) >= 11 is 0. The Kier molecular flexibility index (Phi) is 10.5. The third-order valence-corrected chi connectivity index (χ3v) is 9.99. The van der Waals surface area contributed by atoms with Gasteiger partial charge >= 0.3 is 0 Å². The van der Waals surface area contributed by atoms with Gasteiger partial charge in [0, 0.05) is 6.07 Å². The van der Waals surface area contributed by atoms with E-state index in [0.29, 0.717) is 0 Å². The number of phosphoric acid groups is 3. The van der Waals surface area contributed by atoms with Gasteiger partial charge in [0.15, 0.2) is 36.2 Å². The molecule has 0 spiro atoms. The smallest absolute Gasteiger partial charge is 0.292 e. The lowest BCUT2D eigenvalue weighted by Crippen LogP contribution is -2.46.